The summed E-state index contributed by atoms with van der Waals surface area (Å²) in [6.07, 6.45) is 1.99. The van der Waals surface area contributed by atoms with Crippen molar-refractivity contribution in [3.63, 3.8) is 0 Å². The Balaban J connectivity index is 2.22. The van der Waals surface area contributed by atoms with E-state index in [0.717, 1.165) is 24.3 Å². The van der Waals surface area contributed by atoms with E-state index in [-0.39, 0.29) is 23.2 Å². The van der Waals surface area contributed by atoms with E-state index >= 15 is 0 Å². The summed E-state index contributed by atoms with van der Waals surface area (Å²) in [6.45, 7) is 2.42. The summed E-state index contributed by atoms with van der Waals surface area (Å²) in [5.74, 6) is 1.61. The van der Waals surface area contributed by atoms with Gasteiger partial charge in [0.2, 0.25) is 0 Å². The van der Waals surface area contributed by atoms with Crippen molar-refractivity contribution in [2.75, 3.05) is 23.4 Å². The van der Waals surface area contributed by atoms with Crippen molar-refractivity contribution >= 4 is 29.0 Å². The van der Waals surface area contributed by atoms with Gasteiger partial charge in [-0.05, 0) is 37.7 Å². The number of thioether (sulfide) groups is 1. The van der Waals surface area contributed by atoms with E-state index in [9.17, 15) is 14.9 Å². The lowest BCUT2D eigenvalue weighted by atomic mass is 10.1. The smallest absolute Gasteiger partial charge is 0.305 e. The molecule has 1 fully saturated rings. The van der Waals surface area contributed by atoms with E-state index in [1.54, 1.807) is 23.9 Å². The van der Waals surface area contributed by atoms with Gasteiger partial charge in [-0.25, -0.2) is 0 Å². The number of nitro groups is 1. The van der Waals surface area contributed by atoms with Gasteiger partial charge in [-0.3, -0.25) is 14.9 Å². The Morgan fingerprint density at radius 2 is 2.33 bits per heavy atom. The van der Waals surface area contributed by atoms with E-state index < -0.39 is 4.92 Å². The third-order valence-electron chi connectivity index (χ3n) is 3.33. The Hall–Kier alpha value is -1.76. The molecule has 0 bridgehead atoms. The molecule has 1 heterocycles. The van der Waals surface area contributed by atoms with Gasteiger partial charge in [0, 0.05) is 18.3 Å². The quantitative estimate of drug-likeness (QED) is 0.645. The van der Waals surface area contributed by atoms with Crippen LogP contribution in [-0.2, 0) is 0 Å². The number of hydrogen-bond donors (Lipinski definition) is 2. The number of amides is 1. The zero-order valence-corrected chi connectivity index (χ0v) is 12.7. The number of benzene rings is 1. The van der Waals surface area contributed by atoms with Crippen LogP contribution in [0.1, 0.15) is 30.1 Å². The molecule has 0 spiro atoms. The van der Waals surface area contributed by atoms with Crippen molar-refractivity contribution in [3.05, 3.63) is 33.9 Å². The minimum absolute atomic E-state index is 0.0960. The maximum Gasteiger partial charge on any atom is 0.305 e. The van der Waals surface area contributed by atoms with Crippen LogP contribution in [0.4, 0.5) is 11.4 Å². The molecule has 1 saturated heterocycles. The summed E-state index contributed by atoms with van der Waals surface area (Å²) in [6, 6.07) is 4.88. The van der Waals surface area contributed by atoms with Crippen LogP contribution in [0, 0.1) is 10.1 Å². The topological polar surface area (TPSA) is 84.3 Å². The lowest BCUT2D eigenvalue weighted by molar-refractivity contribution is -0.384. The number of carbonyl (C=O) groups excluding carboxylic acids is 1. The molecule has 0 radical (unpaired) electrons. The highest BCUT2D eigenvalue weighted by Crippen LogP contribution is 2.29. The summed E-state index contributed by atoms with van der Waals surface area (Å²) < 4.78 is 0. The van der Waals surface area contributed by atoms with Gasteiger partial charge in [-0.2, -0.15) is 11.8 Å². The van der Waals surface area contributed by atoms with Crippen LogP contribution in [0.2, 0.25) is 0 Å². The minimum Gasteiger partial charge on any atom is -0.380 e. The van der Waals surface area contributed by atoms with Crippen molar-refractivity contribution in [2.45, 2.75) is 25.8 Å². The lowest BCUT2D eigenvalue weighted by Crippen LogP contribution is -2.38. The summed E-state index contributed by atoms with van der Waals surface area (Å²) in [4.78, 5) is 23.1. The van der Waals surface area contributed by atoms with Gasteiger partial charge in [0.1, 0.15) is 11.3 Å². The molecule has 6 nitrogen and oxygen atoms in total. The minimum atomic E-state index is -0.497. The second-order valence-electron chi connectivity index (χ2n) is 4.88. The average Bonchev–Trinajstić information content (AvgIpc) is 2.48. The van der Waals surface area contributed by atoms with Crippen LogP contribution in [0.15, 0.2) is 18.2 Å². The number of para-hydroxylation sites is 1. The molecule has 0 aliphatic carbocycles. The highest BCUT2D eigenvalue weighted by molar-refractivity contribution is 7.99. The molecule has 114 valence electrons. The third-order valence-corrected chi connectivity index (χ3v) is 4.54. The van der Waals surface area contributed by atoms with Crippen LogP contribution in [0.3, 0.4) is 0 Å². The number of rotatable bonds is 5. The number of anilines is 1. The summed E-state index contributed by atoms with van der Waals surface area (Å²) in [5, 5.41) is 17.1. The number of hydrogen-bond acceptors (Lipinski definition) is 5. The molecule has 1 unspecified atom stereocenters. The van der Waals surface area contributed by atoms with Gasteiger partial charge in [-0.15, -0.1) is 0 Å². The lowest BCUT2D eigenvalue weighted by Gasteiger charge is -2.22. The van der Waals surface area contributed by atoms with Gasteiger partial charge in [0.25, 0.3) is 5.91 Å². The first-order chi connectivity index (χ1) is 10.1. The highest BCUT2D eigenvalue weighted by Gasteiger charge is 2.26. The van der Waals surface area contributed by atoms with Crippen LogP contribution in [-0.4, -0.2) is 34.9 Å². The van der Waals surface area contributed by atoms with Crippen molar-refractivity contribution in [1.29, 1.82) is 0 Å². The predicted molar refractivity (Wildman–Crippen MR) is 85.1 cm³/mol. The van der Waals surface area contributed by atoms with Gasteiger partial charge >= 0.3 is 5.69 Å². The fourth-order valence-electron chi connectivity index (χ4n) is 2.37. The standard InChI is InChI=1S/C14H19N3O3S/c1-2-15-12-7-3-6-11(13(12)17(19)20)14(18)16-10-5-4-8-21-9-10/h3,6-7,10,15H,2,4-5,8-9H2,1H3,(H,16,18). The average molecular weight is 309 g/mol. The SMILES string of the molecule is CCNc1cccc(C(=O)NC2CCCSC2)c1[N+](=O)[O-]. The zero-order valence-electron chi connectivity index (χ0n) is 11.9. The fraction of sp³-hybridized carbons (Fsp3) is 0.500. The van der Waals surface area contributed by atoms with Gasteiger partial charge in [-0.1, -0.05) is 6.07 Å². The molecule has 1 atom stereocenters. The first-order valence-corrected chi connectivity index (χ1v) is 8.18. The Bertz CT molecular complexity index is 530. The number of nitrogens with one attached hydrogen (secondary N) is 2. The van der Waals surface area contributed by atoms with Crippen LogP contribution in [0.25, 0.3) is 0 Å². The molecule has 2 rings (SSSR count). The molecule has 1 aliphatic heterocycles. The molecule has 1 aliphatic rings. The molecule has 7 heteroatoms. The van der Waals surface area contributed by atoms with E-state index in [1.165, 1.54) is 6.07 Å². The maximum atomic E-state index is 12.3. The van der Waals surface area contributed by atoms with E-state index in [4.69, 9.17) is 0 Å². The molecule has 1 aromatic carbocycles. The molecule has 1 amide bonds. The van der Waals surface area contributed by atoms with Crippen LogP contribution in [0.5, 0.6) is 0 Å². The van der Waals surface area contributed by atoms with Gasteiger partial charge in [0.05, 0.1) is 4.92 Å². The summed E-state index contributed by atoms with van der Waals surface area (Å²) in [7, 11) is 0. The second kappa shape index (κ2) is 7.31. The first-order valence-electron chi connectivity index (χ1n) is 7.03. The maximum absolute atomic E-state index is 12.3. The van der Waals surface area contributed by atoms with Gasteiger partial charge in [0.15, 0.2) is 0 Å². The largest absolute Gasteiger partial charge is 0.380 e. The van der Waals surface area contributed by atoms with Crippen LogP contribution < -0.4 is 10.6 Å². The number of nitrogens with zero attached hydrogens (tertiary/aromatic N) is 1. The second-order valence-corrected chi connectivity index (χ2v) is 6.03. The summed E-state index contributed by atoms with van der Waals surface area (Å²) in [5.41, 5.74) is 0.350. The third kappa shape index (κ3) is 3.87. The molecule has 1 aromatic rings. The normalized spacial score (nSPS) is 18.0. The molecule has 2 N–H and O–H groups in total. The molecule has 0 aromatic heterocycles. The fourth-order valence-corrected chi connectivity index (χ4v) is 3.45. The van der Waals surface area contributed by atoms with Crippen molar-refractivity contribution in [1.82, 2.24) is 5.32 Å². The molecular formula is C14H19N3O3S. The van der Waals surface area contributed by atoms with Crippen LogP contribution >= 0.6 is 11.8 Å². The van der Waals surface area contributed by atoms with Crippen molar-refractivity contribution < 1.29 is 9.72 Å². The van der Waals surface area contributed by atoms with E-state index in [2.05, 4.69) is 10.6 Å². The number of carbonyl (C=O) groups is 1. The first kappa shape index (κ1) is 15.6. The zero-order chi connectivity index (χ0) is 15.2. The molecular weight excluding hydrogens is 290 g/mol. The van der Waals surface area contributed by atoms with E-state index in [1.807, 2.05) is 6.92 Å². The Morgan fingerprint density at radius 1 is 1.52 bits per heavy atom. The molecule has 0 saturated carbocycles. The Kier molecular flexibility index (Phi) is 5.44. The van der Waals surface area contributed by atoms with E-state index in [0.29, 0.717) is 12.2 Å². The monoisotopic (exact) mass is 309 g/mol. The molecule has 21 heavy (non-hydrogen) atoms. The van der Waals surface area contributed by atoms with Gasteiger partial charge < -0.3 is 10.6 Å². The highest BCUT2D eigenvalue weighted by atomic mass is 32.2. The Labute approximate surface area is 127 Å². The number of nitro benzene ring substituents is 1. The van der Waals surface area contributed by atoms with Crippen molar-refractivity contribution in [2.24, 2.45) is 0 Å². The van der Waals surface area contributed by atoms with Crippen molar-refractivity contribution in [3.8, 4) is 0 Å². The predicted octanol–water partition coefficient (Wildman–Crippen LogP) is 2.65. The summed E-state index contributed by atoms with van der Waals surface area (Å²) >= 11 is 1.80. The Morgan fingerprint density at radius 3 is 2.95 bits per heavy atom.